The van der Waals surface area contributed by atoms with Crippen molar-refractivity contribution in [1.82, 2.24) is 19.4 Å². The first-order chi connectivity index (χ1) is 13.9. The summed E-state index contributed by atoms with van der Waals surface area (Å²) in [6, 6.07) is 8.12. The van der Waals surface area contributed by atoms with Crippen LogP contribution < -0.4 is 0 Å². The van der Waals surface area contributed by atoms with Crippen molar-refractivity contribution in [3.8, 4) is 0 Å². The maximum absolute atomic E-state index is 13.1. The zero-order valence-electron chi connectivity index (χ0n) is 17.9. The molecule has 0 radical (unpaired) electrons. The quantitative estimate of drug-likeness (QED) is 0.645. The molecule has 6 nitrogen and oxygen atoms in total. The first-order valence-electron chi connectivity index (χ1n) is 10.6. The molecule has 158 valence electrons. The number of para-hydroxylation sites is 2. The van der Waals surface area contributed by atoms with Crippen LogP contribution in [0.25, 0.3) is 11.0 Å². The highest BCUT2D eigenvalue weighted by atomic mass is 32.2. The van der Waals surface area contributed by atoms with Crippen LogP contribution in [-0.4, -0.2) is 62.1 Å². The van der Waals surface area contributed by atoms with Crippen LogP contribution in [0.15, 0.2) is 29.4 Å². The number of piperidine rings is 1. The number of carbonyl (C=O) groups excluding carboxylic acids is 2. The average Bonchev–Trinajstić information content (AvgIpc) is 3.03. The number of fused-ring (bicyclic) bond motifs is 1. The summed E-state index contributed by atoms with van der Waals surface area (Å²) in [6.45, 7) is 10.1. The highest BCUT2D eigenvalue weighted by molar-refractivity contribution is 7.99. The molecule has 1 saturated heterocycles. The van der Waals surface area contributed by atoms with E-state index in [-0.39, 0.29) is 30.4 Å². The summed E-state index contributed by atoms with van der Waals surface area (Å²) in [7, 11) is 0. The fourth-order valence-electron chi connectivity index (χ4n) is 4.07. The predicted molar refractivity (Wildman–Crippen MR) is 118 cm³/mol. The van der Waals surface area contributed by atoms with Gasteiger partial charge in [0.05, 0.1) is 16.8 Å². The van der Waals surface area contributed by atoms with E-state index in [0.29, 0.717) is 5.75 Å². The number of carbonyl (C=O) groups is 2. The summed E-state index contributed by atoms with van der Waals surface area (Å²) in [6.07, 6.45) is 3.38. The van der Waals surface area contributed by atoms with E-state index in [1.807, 2.05) is 66.3 Å². The van der Waals surface area contributed by atoms with Gasteiger partial charge in [0.15, 0.2) is 5.16 Å². The van der Waals surface area contributed by atoms with Crippen LogP contribution in [0, 0.1) is 0 Å². The summed E-state index contributed by atoms with van der Waals surface area (Å²) in [5.41, 5.74) is 1.79. The first-order valence-corrected chi connectivity index (χ1v) is 11.5. The van der Waals surface area contributed by atoms with Crippen molar-refractivity contribution in [2.45, 2.75) is 70.7 Å². The molecule has 0 spiro atoms. The molecule has 2 heterocycles. The third-order valence-corrected chi connectivity index (χ3v) is 6.31. The maximum atomic E-state index is 13.1. The number of nitrogens with zero attached hydrogens (tertiary/aromatic N) is 4. The zero-order chi connectivity index (χ0) is 21.0. The molecule has 0 atom stereocenters. The standard InChI is InChI=1S/C22H32N4O2S/c1-16(2)26(17(3)4)20(27)14-25-19-11-7-6-10-18(19)23-22(25)29-15-21(28)24-12-8-5-9-13-24/h6-7,10-11,16-17H,5,8-9,12-15H2,1-4H3. The topological polar surface area (TPSA) is 58.4 Å². The number of hydrogen-bond acceptors (Lipinski definition) is 4. The zero-order valence-corrected chi connectivity index (χ0v) is 18.7. The fourth-order valence-corrected chi connectivity index (χ4v) is 4.98. The van der Waals surface area contributed by atoms with E-state index >= 15 is 0 Å². The Morgan fingerprint density at radius 1 is 1.07 bits per heavy atom. The van der Waals surface area contributed by atoms with E-state index in [1.54, 1.807) is 0 Å². The molecule has 7 heteroatoms. The van der Waals surface area contributed by atoms with Gasteiger partial charge >= 0.3 is 0 Å². The number of imidazole rings is 1. The largest absolute Gasteiger partial charge is 0.342 e. The molecule has 1 aliphatic rings. The van der Waals surface area contributed by atoms with Gasteiger partial charge in [-0.25, -0.2) is 4.98 Å². The van der Waals surface area contributed by atoms with E-state index in [2.05, 4.69) is 0 Å². The lowest BCUT2D eigenvalue weighted by atomic mass is 10.1. The Morgan fingerprint density at radius 3 is 2.38 bits per heavy atom. The Balaban J connectivity index is 1.80. The lowest BCUT2D eigenvalue weighted by Crippen LogP contribution is -2.43. The van der Waals surface area contributed by atoms with Gasteiger partial charge in [0, 0.05) is 25.2 Å². The van der Waals surface area contributed by atoms with Gasteiger partial charge in [0.25, 0.3) is 0 Å². The van der Waals surface area contributed by atoms with Crippen LogP contribution in [0.1, 0.15) is 47.0 Å². The van der Waals surface area contributed by atoms with Gasteiger partial charge in [-0.2, -0.15) is 0 Å². The number of hydrogen-bond donors (Lipinski definition) is 0. The Labute approximate surface area is 177 Å². The molecule has 1 aliphatic heterocycles. The van der Waals surface area contributed by atoms with E-state index in [4.69, 9.17) is 4.98 Å². The summed E-state index contributed by atoms with van der Waals surface area (Å²) in [4.78, 5) is 34.2. The van der Waals surface area contributed by atoms with Gasteiger partial charge < -0.3 is 14.4 Å². The van der Waals surface area contributed by atoms with Crippen LogP contribution in [0.2, 0.25) is 0 Å². The van der Waals surface area contributed by atoms with Crippen molar-refractivity contribution in [2.24, 2.45) is 0 Å². The highest BCUT2D eigenvalue weighted by Crippen LogP contribution is 2.25. The number of amides is 2. The minimum atomic E-state index is 0.0716. The van der Waals surface area contributed by atoms with Crippen molar-refractivity contribution in [2.75, 3.05) is 18.8 Å². The highest BCUT2D eigenvalue weighted by Gasteiger charge is 2.23. The minimum absolute atomic E-state index is 0.0716. The molecule has 0 bridgehead atoms. The Kier molecular flexibility index (Phi) is 7.22. The molecular formula is C22H32N4O2S. The Morgan fingerprint density at radius 2 is 1.72 bits per heavy atom. The van der Waals surface area contributed by atoms with Crippen LogP contribution >= 0.6 is 11.8 Å². The van der Waals surface area contributed by atoms with E-state index < -0.39 is 0 Å². The van der Waals surface area contributed by atoms with Gasteiger partial charge in [-0.3, -0.25) is 9.59 Å². The summed E-state index contributed by atoms with van der Waals surface area (Å²) < 4.78 is 1.96. The summed E-state index contributed by atoms with van der Waals surface area (Å²) in [5.74, 6) is 0.586. The molecule has 0 N–H and O–H groups in total. The molecule has 0 unspecified atom stereocenters. The van der Waals surface area contributed by atoms with Crippen LogP contribution in [-0.2, 0) is 16.1 Å². The molecule has 0 aliphatic carbocycles. The molecule has 29 heavy (non-hydrogen) atoms. The first kappa shape index (κ1) is 21.7. The molecule has 0 saturated carbocycles. The van der Waals surface area contributed by atoms with Crippen LogP contribution in [0.5, 0.6) is 0 Å². The molecule has 1 fully saturated rings. The number of likely N-dealkylation sites (tertiary alicyclic amines) is 1. The maximum Gasteiger partial charge on any atom is 0.243 e. The van der Waals surface area contributed by atoms with Crippen molar-refractivity contribution in [3.05, 3.63) is 24.3 Å². The minimum Gasteiger partial charge on any atom is -0.342 e. The van der Waals surface area contributed by atoms with E-state index in [1.165, 1.54) is 18.2 Å². The van der Waals surface area contributed by atoms with E-state index in [0.717, 1.165) is 42.1 Å². The Bertz CT molecular complexity index is 848. The summed E-state index contributed by atoms with van der Waals surface area (Å²) in [5, 5.41) is 0.734. The molecular weight excluding hydrogens is 384 g/mol. The van der Waals surface area contributed by atoms with Gasteiger partial charge in [-0.15, -0.1) is 0 Å². The van der Waals surface area contributed by atoms with Gasteiger partial charge in [-0.1, -0.05) is 23.9 Å². The number of rotatable bonds is 7. The number of aromatic nitrogens is 2. The van der Waals surface area contributed by atoms with E-state index in [9.17, 15) is 9.59 Å². The van der Waals surface area contributed by atoms with Crippen LogP contribution in [0.4, 0.5) is 0 Å². The number of benzene rings is 1. The Hall–Kier alpha value is -2.02. The molecule has 3 rings (SSSR count). The molecule has 2 amide bonds. The second kappa shape index (κ2) is 9.65. The SMILES string of the molecule is CC(C)N(C(=O)Cn1c(SCC(=O)N2CCCCC2)nc2ccccc21)C(C)C. The second-order valence-electron chi connectivity index (χ2n) is 8.19. The predicted octanol–water partition coefficient (Wildman–Crippen LogP) is 3.79. The molecule has 2 aromatic rings. The van der Waals surface area contributed by atoms with Crippen molar-refractivity contribution in [1.29, 1.82) is 0 Å². The van der Waals surface area contributed by atoms with Gasteiger partial charge in [-0.05, 0) is 59.1 Å². The lowest BCUT2D eigenvalue weighted by molar-refractivity contribution is -0.135. The van der Waals surface area contributed by atoms with Gasteiger partial charge in [0.1, 0.15) is 6.54 Å². The van der Waals surface area contributed by atoms with Gasteiger partial charge in [0.2, 0.25) is 11.8 Å². The normalized spacial score (nSPS) is 14.8. The van der Waals surface area contributed by atoms with Crippen molar-refractivity contribution in [3.63, 3.8) is 0 Å². The number of thioether (sulfide) groups is 1. The molecule has 1 aromatic heterocycles. The average molecular weight is 417 g/mol. The van der Waals surface area contributed by atoms with Crippen molar-refractivity contribution < 1.29 is 9.59 Å². The van der Waals surface area contributed by atoms with Crippen molar-refractivity contribution >= 4 is 34.6 Å². The smallest absolute Gasteiger partial charge is 0.243 e. The third kappa shape index (κ3) is 5.13. The summed E-state index contributed by atoms with van der Waals surface area (Å²) >= 11 is 1.43. The fraction of sp³-hybridized carbons (Fsp3) is 0.591. The monoisotopic (exact) mass is 416 g/mol. The van der Waals surface area contributed by atoms with Crippen LogP contribution in [0.3, 0.4) is 0 Å². The molecule has 1 aromatic carbocycles. The lowest BCUT2D eigenvalue weighted by Gasteiger charge is -2.31. The second-order valence-corrected chi connectivity index (χ2v) is 9.13. The third-order valence-electron chi connectivity index (χ3n) is 5.35.